The number of aromatic nitrogens is 1. The van der Waals surface area contributed by atoms with Crippen molar-refractivity contribution in [2.24, 2.45) is 0 Å². The summed E-state index contributed by atoms with van der Waals surface area (Å²) < 4.78 is 9.03. The standard InChI is InChI=1S/C49H33NO/c1-4-15-37(16-5-1)49(38-17-6-2-7-18-38)42-23-11-13-26-46(42)51-47-32-31-36(33-43(47)49)34-27-29-35(30-28-34)40-22-14-25-45-48(40)41-21-10-12-24-44(41)50(45)39-19-8-3-9-20-39/h1-33H. The number of ether oxygens (including phenoxy) is 1. The number of rotatable bonds is 5. The van der Waals surface area contributed by atoms with Crippen LogP contribution in [0.25, 0.3) is 49.7 Å². The fourth-order valence-corrected chi connectivity index (χ4v) is 8.34. The van der Waals surface area contributed by atoms with Gasteiger partial charge in [0.2, 0.25) is 0 Å². The third-order valence-electron chi connectivity index (χ3n) is 10.5. The van der Waals surface area contributed by atoms with Crippen molar-refractivity contribution in [2.75, 3.05) is 0 Å². The third-order valence-corrected chi connectivity index (χ3v) is 10.5. The van der Waals surface area contributed by atoms with Crippen molar-refractivity contribution < 1.29 is 4.74 Å². The van der Waals surface area contributed by atoms with Gasteiger partial charge < -0.3 is 9.30 Å². The first-order valence-electron chi connectivity index (χ1n) is 17.5. The van der Waals surface area contributed by atoms with Crippen LogP contribution in [0.1, 0.15) is 22.3 Å². The molecule has 0 saturated heterocycles. The SMILES string of the molecule is c1ccc(-n2c3ccccc3c3c(-c4ccc(-c5ccc6c(c5)C(c5ccccc5)(c5ccccc5)c5ccccc5O6)cc4)cccc32)cc1. The summed E-state index contributed by atoms with van der Waals surface area (Å²) in [6.45, 7) is 0. The second-order valence-corrected chi connectivity index (χ2v) is 13.3. The molecule has 0 fully saturated rings. The maximum atomic E-state index is 6.65. The summed E-state index contributed by atoms with van der Waals surface area (Å²) in [4.78, 5) is 0. The smallest absolute Gasteiger partial charge is 0.132 e. The van der Waals surface area contributed by atoms with Gasteiger partial charge in [0.15, 0.2) is 0 Å². The molecule has 1 aliphatic rings. The summed E-state index contributed by atoms with van der Waals surface area (Å²) in [6.07, 6.45) is 0. The van der Waals surface area contributed by atoms with Crippen LogP contribution in [-0.4, -0.2) is 4.57 Å². The summed E-state index contributed by atoms with van der Waals surface area (Å²) in [5.74, 6) is 1.76. The first-order chi connectivity index (χ1) is 25.3. The van der Waals surface area contributed by atoms with E-state index in [0.29, 0.717) is 0 Å². The highest BCUT2D eigenvalue weighted by Gasteiger charge is 2.45. The van der Waals surface area contributed by atoms with Crippen LogP contribution in [-0.2, 0) is 5.41 Å². The van der Waals surface area contributed by atoms with Crippen LogP contribution in [0.15, 0.2) is 200 Å². The predicted octanol–water partition coefficient (Wildman–Crippen LogP) is 12.6. The molecule has 0 bridgehead atoms. The van der Waals surface area contributed by atoms with Gasteiger partial charge in [-0.3, -0.25) is 0 Å². The number of benzene rings is 8. The molecule has 0 N–H and O–H groups in total. The van der Waals surface area contributed by atoms with Gasteiger partial charge in [-0.15, -0.1) is 0 Å². The Bertz CT molecular complexity index is 2650. The first-order valence-corrected chi connectivity index (χ1v) is 17.5. The van der Waals surface area contributed by atoms with E-state index < -0.39 is 5.41 Å². The van der Waals surface area contributed by atoms with Gasteiger partial charge in [-0.25, -0.2) is 0 Å². The molecule has 1 aliphatic heterocycles. The fourth-order valence-electron chi connectivity index (χ4n) is 8.34. The van der Waals surface area contributed by atoms with Gasteiger partial charge >= 0.3 is 0 Å². The lowest BCUT2D eigenvalue weighted by Crippen LogP contribution is -2.34. The number of nitrogens with zero attached hydrogens (tertiary/aromatic N) is 1. The first kappa shape index (κ1) is 29.3. The predicted molar refractivity (Wildman–Crippen MR) is 210 cm³/mol. The maximum absolute atomic E-state index is 6.65. The van der Waals surface area contributed by atoms with E-state index in [1.807, 2.05) is 0 Å². The summed E-state index contributed by atoms with van der Waals surface area (Å²) in [5, 5.41) is 2.52. The van der Waals surface area contributed by atoms with E-state index in [1.54, 1.807) is 0 Å². The van der Waals surface area contributed by atoms with Gasteiger partial charge in [-0.1, -0.05) is 158 Å². The Balaban J connectivity index is 1.13. The van der Waals surface area contributed by atoms with E-state index in [4.69, 9.17) is 4.74 Å². The lowest BCUT2D eigenvalue weighted by atomic mass is 9.63. The lowest BCUT2D eigenvalue weighted by molar-refractivity contribution is 0.434. The van der Waals surface area contributed by atoms with Crippen molar-refractivity contribution in [2.45, 2.75) is 5.41 Å². The van der Waals surface area contributed by atoms with E-state index in [9.17, 15) is 0 Å². The average molecular weight is 652 g/mol. The monoisotopic (exact) mass is 651 g/mol. The molecule has 0 unspecified atom stereocenters. The van der Waals surface area contributed by atoms with Crippen LogP contribution >= 0.6 is 0 Å². The van der Waals surface area contributed by atoms with Gasteiger partial charge in [-0.05, 0) is 75.8 Å². The number of fused-ring (bicyclic) bond motifs is 5. The Hall–Kier alpha value is -6.64. The normalized spacial score (nSPS) is 13.0. The Labute approximate surface area is 297 Å². The minimum Gasteiger partial charge on any atom is -0.457 e. The van der Waals surface area contributed by atoms with Gasteiger partial charge in [0, 0.05) is 27.6 Å². The zero-order valence-corrected chi connectivity index (χ0v) is 27.9. The van der Waals surface area contributed by atoms with Crippen LogP contribution in [0, 0.1) is 0 Å². The van der Waals surface area contributed by atoms with Crippen molar-refractivity contribution in [3.05, 3.63) is 222 Å². The Morgan fingerprint density at radius 1 is 0.392 bits per heavy atom. The molecule has 0 saturated carbocycles. The molecule has 240 valence electrons. The molecule has 51 heavy (non-hydrogen) atoms. The highest BCUT2D eigenvalue weighted by Crippen LogP contribution is 2.55. The molecule has 0 amide bonds. The minimum absolute atomic E-state index is 0.550. The fraction of sp³-hybridized carbons (Fsp3) is 0.0204. The van der Waals surface area contributed by atoms with Crippen LogP contribution in [0.5, 0.6) is 11.5 Å². The summed E-state index contributed by atoms with van der Waals surface area (Å²) in [6, 6.07) is 72.0. The van der Waals surface area contributed by atoms with Gasteiger partial charge in [0.1, 0.15) is 11.5 Å². The Kier molecular flexibility index (Phi) is 6.75. The molecule has 0 spiro atoms. The van der Waals surface area contributed by atoms with Crippen molar-refractivity contribution >= 4 is 21.8 Å². The van der Waals surface area contributed by atoms with E-state index >= 15 is 0 Å². The molecule has 9 aromatic rings. The van der Waals surface area contributed by atoms with E-state index in [0.717, 1.165) is 39.4 Å². The molecule has 0 atom stereocenters. The Morgan fingerprint density at radius 3 is 1.71 bits per heavy atom. The summed E-state index contributed by atoms with van der Waals surface area (Å²) in [7, 11) is 0. The molecule has 8 aromatic carbocycles. The van der Waals surface area contributed by atoms with Crippen molar-refractivity contribution in [1.82, 2.24) is 4.57 Å². The van der Waals surface area contributed by atoms with E-state index in [-0.39, 0.29) is 0 Å². The third kappa shape index (κ3) is 4.50. The van der Waals surface area contributed by atoms with Crippen molar-refractivity contribution in [3.8, 4) is 39.4 Å². The summed E-state index contributed by atoms with van der Waals surface area (Å²) in [5.41, 5.74) is 12.5. The molecular weight excluding hydrogens is 619 g/mol. The zero-order valence-electron chi connectivity index (χ0n) is 27.9. The van der Waals surface area contributed by atoms with Gasteiger partial charge in [0.25, 0.3) is 0 Å². The highest BCUT2D eigenvalue weighted by atomic mass is 16.5. The maximum Gasteiger partial charge on any atom is 0.132 e. The van der Waals surface area contributed by atoms with Crippen molar-refractivity contribution in [1.29, 1.82) is 0 Å². The van der Waals surface area contributed by atoms with Crippen LogP contribution in [0.2, 0.25) is 0 Å². The van der Waals surface area contributed by atoms with Crippen LogP contribution in [0.4, 0.5) is 0 Å². The second-order valence-electron chi connectivity index (χ2n) is 13.3. The quantitative estimate of drug-likeness (QED) is 0.181. The molecular formula is C49H33NO. The summed E-state index contributed by atoms with van der Waals surface area (Å²) >= 11 is 0. The highest BCUT2D eigenvalue weighted by molar-refractivity contribution is 6.15. The number of para-hydroxylation sites is 3. The molecule has 0 radical (unpaired) electrons. The molecule has 10 rings (SSSR count). The lowest BCUT2D eigenvalue weighted by Gasteiger charge is -2.41. The largest absolute Gasteiger partial charge is 0.457 e. The Morgan fingerprint density at radius 2 is 0.961 bits per heavy atom. The molecule has 1 aromatic heterocycles. The van der Waals surface area contributed by atoms with Gasteiger partial charge in [0.05, 0.1) is 16.4 Å². The number of hydrogen-bond donors (Lipinski definition) is 0. The van der Waals surface area contributed by atoms with Crippen LogP contribution < -0.4 is 4.74 Å². The van der Waals surface area contributed by atoms with E-state index in [2.05, 4.69) is 205 Å². The minimum atomic E-state index is -0.550. The topological polar surface area (TPSA) is 14.2 Å². The van der Waals surface area contributed by atoms with E-state index in [1.165, 1.54) is 44.1 Å². The number of hydrogen-bond acceptors (Lipinski definition) is 1. The zero-order chi connectivity index (χ0) is 33.8. The molecule has 2 heterocycles. The average Bonchev–Trinajstić information content (AvgIpc) is 3.55. The molecule has 2 nitrogen and oxygen atoms in total. The van der Waals surface area contributed by atoms with Crippen LogP contribution in [0.3, 0.4) is 0 Å². The van der Waals surface area contributed by atoms with Crippen molar-refractivity contribution in [3.63, 3.8) is 0 Å². The molecule has 2 heteroatoms. The molecule has 0 aliphatic carbocycles. The van der Waals surface area contributed by atoms with Gasteiger partial charge in [-0.2, -0.15) is 0 Å². The second kappa shape index (κ2) is 11.8.